The molecule has 2 aliphatic heterocycles. The summed E-state index contributed by atoms with van der Waals surface area (Å²) in [4.78, 5) is 17.3. The summed E-state index contributed by atoms with van der Waals surface area (Å²) in [6.45, 7) is 5.81. The normalized spacial score (nSPS) is 20.3. The number of carbonyl (C=O) groups excluding carboxylic acids is 1. The number of hydrogen-bond donors (Lipinski definition) is 1. The summed E-state index contributed by atoms with van der Waals surface area (Å²) in [6.07, 6.45) is 5.54. The van der Waals surface area contributed by atoms with Crippen LogP contribution in [0.3, 0.4) is 0 Å². The Morgan fingerprint density at radius 3 is 2.81 bits per heavy atom. The van der Waals surface area contributed by atoms with Crippen molar-refractivity contribution in [3.63, 3.8) is 0 Å². The van der Waals surface area contributed by atoms with Crippen LogP contribution in [0, 0.1) is 0 Å². The van der Waals surface area contributed by atoms with Crippen LogP contribution < -0.4 is 10.1 Å². The van der Waals surface area contributed by atoms with Crippen LogP contribution in [0.1, 0.15) is 32.1 Å². The maximum atomic E-state index is 12.2. The van der Waals surface area contributed by atoms with E-state index in [0.29, 0.717) is 12.2 Å². The molecule has 1 aromatic carbocycles. The van der Waals surface area contributed by atoms with Crippen LogP contribution in [-0.2, 0) is 4.79 Å². The summed E-state index contributed by atoms with van der Waals surface area (Å²) in [5, 5.41) is 2.95. The van der Waals surface area contributed by atoms with Gasteiger partial charge in [-0.1, -0.05) is 18.6 Å². The second-order valence-electron chi connectivity index (χ2n) is 6.84. The van der Waals surface area contributed by atoms with Crippen LogP contribution in [0.2, 0.25) is 0 Å². The van der Waals surface area contributed by atoms with Gasteiger partial charge < -0.3 is 15.0 Å². The van der Waals surface area contributed by atoms with Gasteiger partial charge >= 0.3 is 0 Å². The first-order chi connectivity index (χ1) is 11.8. The first-order valence-electron chi connectivity index (χ1n) is 9.15. The largest absolute Gasteiger partial charge is 0.495 e. The quantitative estimate of drug-likeness (QED) is 0.789. The van der Waals surface area contributed by atoms with E-state index < -0.39 is 0 Å². The maximum absolute atomic E-state index is 12.2. The van der Waals surface area contributed by atoms with Gasteiger partial charge in [-0.05, 0) is 44.5 Å². The number of ether oxygens (including phenoxy) is 1. The van der Waals surface area contributed by atoms with E-state index in [1.807, 2.05) is 24.3 Å². The van der Waals surface area contributed by atoms with E-state index >= 15 is 0 Å². The highest BCUT2D eigenvalue weighted by Gasteiger charge is 2.28. The van der Waals surface area contributed by atoms with Gasteiger partial charge in [0.2, 0.25) is 5.91 Å². The molecular formula is C19H31Cl2N3O2. The molecule has 26 heavy (non-hydrogen) atoms. The van der Waals surface area contributed by atoms with E-state index in [2.05, 4.69) is 15.1 Å². The predicted molar refractivity (Wildman–Crippen MR) is 111 cm³/mol. The summed E-state index contributed by atoms with van der Waals surface area (Å²) < 4.78 is 5.27. The minimum atomic E-state index is 0. The van der Waals surface area contributed by atoms with Crippen molar-refractivity contribution < 1.29 is 9.53 Å². The fourth-order valence-corrected chi connectivity index (χ4v) is 3.85. The number of piperazine rings is 1. The molecule has 0 spiro atoms. The van der Waals surface area contributed by atoms with Crippen molar-refractivity contribution in [2.24, 2.45) is 0 Å². The van der Waals surface area contributed by atoms with Crippen molar-refractivity contribution in [3.05, 3.63) is 24.3 Å². The number of methoxy groups -OCH3 is 1. The fraction of sp³-hybridized carbons (Fsp3) is 0.632. The van der Waals surface area contributed by atoms with Gasteiger partial charge in [0.05, 0.1) is 12.8 Å². The summed E-state index contributed by atoms with van der Waals surface area (Å²) in [5.41, 5.74) is 0.751. The number of benzene rings is 1. The monoisotopic (exact) mass is 403 g/mol. The molecule has 0 aliphatic carbocycles. The van der Waals surface area contributed by atoms with Gasteiger partial charge in [0.15, 0.2) is 0 Å². The van der Waals surface area contributed by atoms with Crippen LogP contribution in [0.25, 0.3) is 0 Å². The smallest absolute Gasteiger partial charge is 0.224 e. The molecule has 5 nitrogen and oxygen atoms in total. The summed E-state index contributed by atoms with van der Waals surface area (Å²) in [7, 11) is 1.62. The minimum Gasteiger partial charge on any atom is -0.495 e. The number of halogens is 2. The highest BCUT2D eigenvalue weighted by atomic mass is 35.5. The zero-order valence-corrected chi connectivity index (χ0v) is 17.1. The predicted octanol–water partition coefficient (Wildman–Crippen LogP) is 3.43. The number of fused-ring (bicyclic) bond motifs is 1. The molecular weight excluding hydrogens is 373 g/mol. The lowest BCUT2D eigenvalue weighted by Gasteiger charge is -2.44. The Bertz CT molecular complexity index is 559. The summed E-state index contributed by atoms with van der Waals surface area (Å²) in [6, 6.07) is 8.29. The van der Waals surface area contributed by atoms with E-state index in [0.717, 1.165) is 31.2 Å². The number of hydrogen-bond acceptors (Lipinski definition) is 4. The number of carbonyl (C=O) groups is 1. The number of para-hydroxylation sites is 2. The molecule has 2 fully saturated rings. The molecule has 0 bridgehead atoms. The first kappa shape index (κ1) is 23.0. The molecule has 1 aromatic rings. The van der Waals surface area contributed by atoms with Crippen molar-refractivity contribution in [3.8, 4) is 5.75 Å². The van der Waals surface area contributed by atoms with Crippen molar-refractivity contribution >= 4 is 36.4 Å². The second-order valence-corrected chi connectivity index (χ2v) is 6.84. The standard InChI is InChI=1S/C19H29N3O2.2ClH/c1-24-18-9-3-2-8-17(18)20-19(23)10-6-11-21-13-14-22-12-5-4-7-16(22)15-21;;/h2-3,8-9,16H,4-7,10-15H2,1H3,(H,20,23);2*1H. The van der Waals surface area contributed by atoms with E-state index in [9.17, 15) is 4.79 Å². The lowest BCUT2D eigenvalue weighted by Crippen LogP contribution is -2.54. The van der Waals surface area contributed by atoms with Crippen LogP contribution in [-0.4, -0.2) is 61.6 Å². The highest BCUT2D eigenvalue weighted by molar-refractivity contribution is 5.92. The average molecular weight is 404 g/mol. The van der Waals surface area contributed by atoms with E-state index in [1.54, 1.807) is 7.11 Å². The minimum absolute atomic E-state index is 0. The number of piperidine rings is 1. The zero-order chi connectivity index (χ0) is 16.8. The van der Waals surface area contributed by atoms with Gasteiger partial charge in [0.1, 0.15) is 5.75 Å². The summed E-state index contributed by atoms with van der Waals surface area (Å²) >= 11 is 0. The van der Waals surface area contributed by atoms with Gasteiger partial charge in [-0.3, -0.25) is 9.69 Å². The first-order valence-corrected chi connectivity index (χ1v) is 9.15. The lowest BCUT2D eigenvalue weighted by molar-refractivity contribution is -0.116. The molecule has 1 unspecified atom stereocenters. The third kappa shape index (κ3) is 6.31. The maximum Gasteiger partial charge on any atom is 0.224 e. The van der Waals surface area contributed by atoms with Crippen molar-refractivity contribution in [2.45, 2.75) is 38.1 Å². The summed E-state index contributed by atoms with van der Waals surface area (Å²) in [5.74, 6) is 0.773. The Kier molecular flexibility index (Phi) is 10.3. The van der Waals surface area contributed by atoms with E-state index in [-0.39, 0.29) is 30.7 Å². The SMILES string of the molecule is COc1ccccc1NC(=O)CCCN1CCN2CCCCC2C1.Cl.Cl. The van der Waals surface area contributed by atoms with Gasteiger partial charge in [-0.25, -0.2) is 0 Å². The van der Waals surface area contributed by atoms with E-state index in [4.69, 9.17) is 4.74 Å². The Hall–Kier alpha value is -1.01. The van der Waals surface area contributed by atoms with Crippen LogP contribution in [0.5, 0.6) is 5.75 Å². The number of amides is 1. The van der Waals surface area contributed by atoms with Gasteiger partial charge in [0, 0.05) is 32.1 Å². The van der Waals surface area contributed by atoms with Crippen molar-refractivity contribution in [1.29, 1.82) is 0 Å². The highest BCUT2D eigenvalue weighted by Crippen LogP contribution is 2.23. The van der Waals surface area contributed by atoms with Crippen LogP contribution >= 0.6 is 24.8 Å². The number of anilines is 1. The molecule has 2 aliphatic rings. The molecule has 1 N–H and O–H groups in total. The van der Waals surface area contributed by atoms with Crippen LogP contribution in [0.15, 0.2) is 24.3 Å². The Labute approximate surface area is 169 Å². The Balaban J connectivity index is 0.00000169. The number of nitrogens with zero attached hydrogens (tertiary/aromatic N) is 2. The van der Waals surface area contributed by atoms with Gasteiger partial charge in [-0.2, -0.15) is 0 Å². The number of rotatable bonds is 6. The molecule has 148 valence electrons. The van der Waals surface area contributed by atoms with Crippen molar-refractivity contribution in [2.75, 3.05) is 45.2 Å². The molecule has 7 heteroatoms. The molecule has 3 rings (SSSR count). The van der Waals surface area contributed by atoms with Crippen molar-refractivity contribution in [1.82, 2.24) is 9.80 Å². The van der Waals surface area contributed by atoms with Gasteiger partial charge in [0.25, 0.3) is 0 Å². The second kappa shape index (κ2) is 11.7. The molecule has 1 amide bonds. The van der Waals surface area contributed by atoms with Gasteiger partial charge in [-0.15, -0.1) is 24.8 Å². The average Bonchev–Trinajstić information content (AvgIpc) is 2.62. The van der Waals surface area contributed by atoms with Crippen LogP contribution in [0.4, 0.5) is 5.69 Å². The molecule has 0 radical (unpaired) electrons. The van der Waals surface area contributed by atoms with E-state index in [1.165, 1.54) is 38.9 Å². The molecule has 1 atom stereocenters. The molecule has 2 heterocycles. The fourth-order valence-electron chi connectivity index (χ4n) is 3.85. The molecule has 2 saturated heterocycles. The third-order valence-corrected chi connectivity index (χ3v) is 5.18. The topological polar surface area (TPSA) is 44.8 Å². The lowest BCUT2D eigenvalue weighted by atomic mass is 9.99. The number of nitrogens with one attached hydrogen (secondary N) is 1. The molecule has 0 saturated carbocycles. The Morgan fingerprint density at radius 1 is 1.19 bits per heavy atom. The third-order valence-electron chi connectivity index (χ3n) is 5.18. The molecule has 0 aromatic heterocycles. The Morgan fingerprint density at radius 2 is 2.00 bits per heavy atom. The zero-order valence-electron chi connectivity index (χ0n) is 15.5.